The maximum absolute atomic E-state index is 13.6. The number of phenolic OH excluding ortho intramolecular Hbond substituents is 1. The fourth-order valence-electron chi connectivity index (χ4n) is 8.42. The van der Waals surface area contributed by atoms with Gasteiger partial charge in [-0.3, -0.25) is 19.7 Å². The molecule has 3 saturated heterocycles. The van der Waals surface area contributed by atoms with Gasteiger partial charge in [0.25, 0.3) is 5.91 Å². The lowest BCUT2D eigenvalue weighted by Crippen LogP contribution is -2.57. The van der Waals surface area contributed by atoms with E-state index in [2.05, 4.69) is 70.6 Å². The molecule has 4 aromatic carbocycles. The van der Waals surface area contributed by atoms with Gasteiger partial charge in [0.1, 0.15) is 11.8 Å². The van der Waals surface area contributed by atoms with Crippen LogP contribution in [0.3, 0.4) is 0 Å². The fraction of sp³-hybridized carbons (Fsp3) is 0.318. The molecule has 0 aromatic heterocycles. The molecule has 0 spiro atoms. The molecule has 0 bridgehead atoms. The third kappa shape index (κ3) is 7.26. The number of piperidine rings is 1. The zero-order valence-electron chi connectivity index (χ0n) is 31.1. The molecule has 4 heterocycles. The second kappa shape index (κ2) is 15.3. The molecule has 4 aliphatic rings. The first-order valence-corrected chi connectivity index (χ1v) is 19.3. The van der Waals surface area contributed by atoms with E-state index < -0.39 is 11.9 Å². The summed E-state index contributed by atoms with van der Waals surface area (Å²) in [6, 6.07) is 31.8. The summed E-state index contributed by atoms with van der Waals surface area (Å²) in [6.45, 7) is 7.91. The van der Waals surface area contributed by atoms with Crippen LogP contribution in [0.4, 0.5) is 16.2 Å². The van der Waals surface area contributed by atoms with Gasteiger partial charge in [-0.2, -0.15) is 0 Å². The standard InChI is InChI=1S/C44H46N6O5/c1-2-37(30-6-4-3-5-7-30)41(32-10-15-36(51)16-11-32)31-8-12-34(13-9-31)46-20-24-48(25-21-46)44(55)49-26-22-47(23-27-49)35-14-17-38-33(28-35)29-50(43(38)54)39-18-19-40(52)45-42(39)53/h3-17,28,39,51H,2,18-27,29H2,1H3,(H,45,52,53)/b41-37+/t39-/m1/s1. The number of benzene rings is 4. The summed E-state index contributed by atoms with van der Waals surface area (Å²) in [5.74, 6) is -0.638. The Morgan fingerprint density at radius 3 is 1.89 bits per heavy atom. The van der Waals surface area contributed by atoms with E-state index in [4.69, 9.17) is 0 Å². The van der Waals surface area contributed by atoms with Crippen LogP contribution in [-0.4, -0.2) is 102 Å². The van der Waals surface area contributed by atoms with E-state index in [1.165, 1.54) is 11.1 Å². The highest BCUT2D eigenvalue weighted by Crippen LogP contribution is 2.36. The van der Waals surface area contributed by atoms with Gasteiger partial charge in [-0.25, -0.2) is 4.79 Å². The van der Waals surface area contributed by atoms with Crippen LogP contribution in [0.5, 0.6) is 5.75 Å². The number of rotatable bonds is 7. The van der Waals surface area contributed by atoms with Gasteiger partial charge >= 0.3 is 6.03 Å². The van der Waals surface area contributed by atoms with Gasteiger partial charge in [0.2, 0.25) is 11.8 Å². The molecular weight excluding hydrogens is 693 g/mol. The highest BCUT2D eigenvalue weighted by atomic mass is 16.3. The van der Waals surface area contributed by atoms with Gasteiger partial charge in [-0.15, -0.1) is 0 Å². The molecule has 0 radical (unpaired) electrons. The number of nitrogens with zero attached hydrogens (tertiary/aromatic N) is 5. The van der Waals surface area contributed by atoms with Crippen LogP contribution in [0.1, 0.15) is 58.8 Å². The maximum Gasteiger partial charge on any atom is 0.320 e. The van der Waals surface area contributed by atoms with E-state index in [1.54, 1.807) is 17.0 Å². The van der Waals surface area contributed by atoms with Crippen molar-refractivity contribution in [2.24, 2.45) is 0 Å². The van der Waals surface area contributed by atoms with Crippen molar-refractivity contribution in [1.29, 1.82) is 0 Å². The Kier molecular flexibility index (Phi) is 10.0. The first kappa shape index (κ1) is 35.9. The SMILES string of the molecule is CC/C(=C(\c1ccc(O)cc1)c1ccc(N2CCN(C(=O)N3CCN(c4ccc5c(c4)CN([C@@H]4CCC(=O)NC4=O)C5=O)CC3)CC2)cc1)c1ccccc1. The van der Waals surface area contributed by atoms with E-state index >= 15 is 0 Å². The van der Waals surface area contributed by atoms with Gasteiger partial charge in [-0.05, 0) is 88.7 Å². The minimum Gasteiger partial charge on any atom is -0.508 e. The number of carbonyl (C=O) groups excluding carboxylic acids is 4. The normalized spacial score (nSPS) is 19.3. The number of phenols is 1. The average Bonchev–Trinajstić information content (AvgIpc) is 3.55. The van der Waals surface area contributed by atoms with Gasteiger partial charge < -0.3 is 29.6 Å². The molecule has 0 aliphatic carbocycles. The first-order chi connectivity index (χ1) is 26.8. The molecule has 282 valence electrons. The van der Waals surface area contributed by atoms with Crippen molar-refractivity contribution < 1.29 is 24.3 Å². The lowest BCUT2D eigenvalue weighted by molar-refractivity contribution is -0.136. The predicted octanol–water partition coefficient (Wildman–Crippen LogP) is 5.59. The number of allylic oxidation sites excluding steroid dienone is 1. The summed E-state index contributed by atoms with van der Waals surface area (Å²) in [5.41, 5.74) is 9.36. The van der Waals surface area contributed by atoms with Crippen LogP contribution in [0.15, 0.2) is 97.1 Å². The Bertz CT molecular complexity index is 2120. The molecule has 55 heavy (non-hydrogen) atoms. The molecule has 2 N–H and O–H groups in total. The van der Waals surface area contributed by atoms with Crippen LogP contribution in [0.2, 0.25) is 0 Å². The van der Waals surface area contributed by atoms with Gasteiger partial charge in [0.15, 0.2) is 0 Å². The van der Waals surface area contributed by atoms with E-state index in [-0.39, 0.29) is 30.0 Å². The smallest absolute Gasteiger partial charge is 0.320 e. The summed E-state index contributed by atoms with van der Waals surface area (Å²) < 4.78 is 0. The molecule has 3 fully saturated rings. The Morgan fingerprint density at radius 2 is 1.29 bits per heavy atom. The molecule has 4 aromatic rings. The molecule has 0 unspecified atom stereocenters. The van der Waals surface area contributed by atoms with Crippen LogP contribution in [0.25, 0.3) is 11.1 Å². The van der Waals surface area contributed by atoms with E-state index in [0.717, 1.165) is 53.1 Å². The third-order valence-electron chi connectivity index (χ3n) is 11.4. The number of urea groups is 1. The number of anilines is 2. The molecule has 0 saturated carbocycles. The quantitative estimate of drug-likeness (QED) is 0.188. The molecule has 5 amide bonds. The average molecular weight is 739 g/mol. The maximum atomic E-state index is 13.6. The highest BCUT2D eigenvalue weighted by molar-refractivity contribution is 6.05. The number of nitrogens with one attached hydrogen (secondary N) is 1. The highest BCUT2D eigenvalue weighted by Gasteiger charge is 2.39. The van der Waals surface area contributed by atoms with Crippen molar-refractivity contribution in [1.82, 2.24) is 20.0 Å². The molecule has 11 nitrogen and oxygen atoms in total. The minimum atomic E-state index is -0.634. The van der Waals surface area contributed by atoms with E-state index in [1.807, 2.05) is 46.2 Å². The number of hydrogen-bond acceptors (Lipinski definition) is 7. The van der Waals surface area contributed by atoms with Crippen molar-refractivity contribution in [3.05, 3.63) is 125 Å². The lowest BCUT2D eigenvalue weighted by Gasteiger charge is -2.41. The Balaban J connectivity index is 0.869. The topological polar surface area (TPSA) is 117 Å². The van der Waals surface area contributed by atoms with Crippen LogP contribution >= 0.6 is 0 Å². The molecule has 4 aliphatic heterocycles. The zero-order chi connectivity index (χ0) is 38.1. The minimum absolute atomic E-state index is 0.0748. The van der Waals surface area contributed by atoms with Crippen molar-refractivity contribution in [2.75, 3.05) is 62.2 Å². The fourth-order valence-corrected chi connectivity index (χ4v) is 8.42. The van der Waals surface area contributed by atoms with Gasteiger partial charge in [0, 0.05) is 82.3 Å². The van der Waals surface area contributed by atoms with Crippen molar-refractivity contribution >= 4 is 46.3 Å². The first-order valence-electron chi connectivity index (χ1n) is 19.3. The lowest BCUT2D eigenvalue weighted by atomic mass is 9.88. The Hall–Kier alpha value is -6.10. The summed E-state index contributed by atoms with van der Waals surface area (Å²) in [4.78, 5) is 60.9. The summed E-state index contributed by atoms with van der Waals surface area (Å²) in [6.07, 6.45) is 1.43. The summed E-state index contributed by atoms with van der Waals surface area (Å²) in [7, 11) is 0. The monoisotopic (exact) mass is 738 g/mol. The third-order valence-corrected chi connectivity index (χ3v) is 11.4. The number of carbonyl (C=O) groups is 4. The number of imide groups is 1. The van der Waals surface area contributed by atoms with Gasteiger partial charge in [0.05, 0.1) is 0 Å². The second-order valence-electron chi connectivity index (χ2n) is 14.6. The number of aromatic hydroxyl groups is 1. The molecular formula is C44H46N6O5. The number of piperazine rings is 2. The van der Waals surface area contributed by atoms with E-state index in [9.17, 15) is 24.3 Å². The van der Waals surface area contributed by atoms with Crippen molar-refractivity contribution in [3.8, 4) is 5.75 Å². The Morgan fingerprint density at radius 1 is 0.709 bits per heavy atom. The number of fused-ring (bicyclic) bond motifs is 1. The zero-order valence-corrected chi connectivity index (χ0v) is 31.1. The van der Waals surface area contributed by atoms with E-state index in [0.29, 0.717) is 57.8 Å². The summed E-state index contributed by atoms with van der Waals surface area (Å²) in [5, 5.41) is 12.3. The second-order valence-corrected chi connectivity index (χ2v) is 14.6. The van der Waals surface area contributed by atoms with Crippen molar-refractivity contribution in [2.45, 2.75) is 38.8 Å². The molecule has 11 heteroatoms. The number of hydrogen-bond donors (Lipinski definition) is 2. The van der Waals surface area contributed by atoms with Crippen LogP contribution in [-0.2, 0) is 16.1 Å². The predicted molar refractivity (Wildman–Crippen MR) is 213 cm³/mol. The largest absolute Gasteiger partial charge is 0.508 e. The molecule has 1 atom stereocenters. The molecule has 8 rings (SSSR count). The Labute approximate surface area is 321 Å². The van der Waals surface area contributed by atoms with Crippen LogP contribution in [0, 0.1) is 0 Å². The van der Waals surface area contributed by atoms with Crippen molar-refractivity contribution in [3.63, 3.8) is 0 Å². The number of amides is 5. The summed E-state index contributed by atoms with van der Waals surface area (Å²) >= 11 is 0. The van der Waals surface area contributed by atoms with Crippen LogP contribution < -0.4 is 15.1 Å². The van der Waals surface area contributed by atoms with Gasteiger partial charge in [-0.1, -0.05) is 61.5 Å².